The van der Waals surface area contributed by atoms with Gasteiger partial charge in [0.2, 0.25) is 12.0 Å². The average molecular weight is 373 g/mol. The van der Waals surface area contributed by atoms with Crippen molar-refractivity contribution in [1.82, 2.24) is 0 Å². The van der Waals surface area contributed by atoms with Crippen LogP contribution >= 0.6 is 15.9 Å². The second-order valence-electron chi connectivity index (χ2n) is 4.95. The second kappa shape index (κ2) is 7.73. The number of hydrogen-bond acceptors (Lipinski definition) is 5. The van der Waals surface area contributed by atoms with Crippen molar-refractivity contribution in [3.63, 3.8) is 0 Å². The van der Waals surface area contributed by atoms with Crippen LogP contribution in [0.3, 0.4) is 0 Å². The molecule has 1 aromatic carbocycles. The molecule has 1 aromatic rings. The first-order valence-electron chi connectivity index (χ1n) is 6.80. The van der Waals surface area contributed by atoms with Crippen molar-refractivity contribution in [1.29, 1.82) is 0 Å². The Bertz CT molecular complexity index is 559. The Morgan fingerprint density at radius 1 is 1.41 bits per heavy atom. The molecule has 120 valence electrons. The highest BCUT2D eigenvalue weighted by atomic mass is 79.9. The molecule has 3 atom stereocenters. The van der Waals surface area contributed by atoms with Crippen molar-refractivity contribution in [2.75, 3.05) is 6.61 Å². The minimum absolute atomic E-state index is 0.150. The van der Waals surface area contributed by atoms with Gasteiger partial charge in [-0.2, -0.15) is 0 Å². The minimum atomic E-state index is -1.24. The molecule has 1 aliphatic heterocycles. The Morgan fingerprint density at radius 2 is 2.14 bits per heavy atom. The van der Waals surface area contributed by atoms with E-state index in [4.69, 9.17) is 14.6 Å². The van der Waals surface area contributed by atoms with Gasteiger partial charge in [-0.05, 0) is 17.7 Å². The molecule has 1 saturated heterocycles. The van der Waals surface area contributed by atoms with Crippen LogP contribution in [0.1, 0.15) is 18.4 Å². The molecule has 22 heavy (non-hydrogen) atoms. The molecule has 6 nitrogen and oxygen atoms in total. The van der Waals surface area contributed by atoms with Crippen molar-refractivity contribution in [3.8, 4) is 0 Å². The first-order valence-corrected chi connectivity index (χ1v) is 7.59. The van der Waals surface area contributed by atoms with E-state index < -0.39 is 24.5 Å². The lowest BCUT2D eigenvalue weighted by molar-refractivity contribution is -0.208. The molecule has 1 fully saturated rings. The number of carboxylic acids is 1. The lowest BCUT2D eigenvalue weighted by atomic mass is 10.1. The zero-order valence-electron chi connectivity index (χ0n) is 11.7. The number of rotatable bonds is 5. The van der Waals surface area contributed by atoms with E-state index in [0.29, 0.717) is 12.0 Å². The highest BCUT2D eigenvalue weighted by molar-refractivity contribution is 9.10. The normalized spacial score (nSPS) is 25.8. The average Bonchev–Trinajstić information content (AvgIpc) is 2.48. The molecule has 0 spiro atoms. The van der Waals surface area contributed by atoms with Gasteiger partial charge in [-0.1, -0.05) is 34.1 Å². The molecule has 2 rings (SSSR count). The third-order valence-electron chi connectivity index (χ3n) is 3.21. The number of aliphatic carboxylic acids is 1. The van der Waals surface area contributed by atoms with Gasteiger partial charge in [0.05, 0.1) is 18.8 Å². The molecule has 0 bridgehead atoms. The number of carbonyl (C=O) groups is 1. The summed E-state index contributed by atoms with van der Waals surface area (Å²) in [5, 5.41) is 28.1. The summed E-state index contributed by atoms with van der Waals surface area (Å²) in [5.41, 5.74) is 0.648. The van der Waals surface area contributed by atoms with Gasteiger partial charge in [0.1, 0.15) is 0 Å². The number of halogens is 1. The maximum absolute atomic E-state index is 11.3. The highest BCUT2D eigenvalue weighted by Gasteiger charge is 2.30. The predicted octanol–water partition coefficient (Wildman–Crippen LogP) is 1.75. The fraction of sp³-hybridized carbons (Fsp3) is 0.400. The number of aliphatic hydroxyl groups excluding tert-OH is 2. The van der Waals surface area contributed by atoms with Crippen LogP contribution in [0.2, 0.25) is 0 Å². The smallest absolute Gasteiger partial charge is 0.371 e. The van der Waals surface area contributed by atoms with Crippen LogP contribution in [0.25, 0.3) is 6.08 Å². The van der Waals surface area contributed by atoms with Crippen LogP contribution < -0.4 is 0 Å². The second-order valence-corrected chi connectivity index (χ2v) is 5.80. The van der Waals surface area contributed by atoms with E-state index in [9.17, 15) is 15.0 Å². The van der Waals surface area contributed by atoms with Gasteiger partial charge in [-0.15, -0.1) is 0 Å². The molecule has 1 heterocycles. The van der Waals surface area contributed by atoms with Gasteiger partial charge in [0.25, 0.3) is 0 Å². The molecule has 7 heteroatoms. The summed E-state index contributed by atoms with van der Waals surface area (Å²) in [5.74, 6) is -1.53. The van der Waals surface area contributed by atoms with E-state index in [2.05, 4.69) is 15.9 Å². The van der Waals surface area contributed by atoms with Gasteiger partial charge in [0, 0.05) is 17.3 Å². The van der Waals surface area contributed by atoms with Crippen molar-refractivity contribution in [3.05, 3.63) is 40.1 Å². The molecule has 0 aliphatic carbocycles. The third-order valence-corrected chi connectivity index (χ3v) is 3.93. The van der Waals surface area contributed by atoms with Crippen LogP contribution in [-0.2, 0) is 14.3 Å². The van der Waals surface area contributed by atoms with Crippen LogP contribution in [0.4, 0.5) is 0 Å². The summed E-state index contributed by atoms with van der Waals surface area (Å²) in [6.07, 6.45) is -0.346. The van der Waals surface area contributed by atoms with E-state index >= 15 is 0 Å². The Labute approximate surface area is 136 Å². The van der Waals surface area contributed by atoms with Crippen LogP contribution in [-0.4, -0.2) is 46.4 Å². The molecule has 0 amide bonds. The van der Waals surface area contributed by atoms with Gasteiger partial charge in [-0.3, -0.25) is 0 Å². The predicted molar refractivity (Wildman–Crippen MR) is 81.8 cm³/mol. The maximum atomic E-state index is 11.3. The Kier molecular flexibility index (Phi) is 5.96. The molecule has 0 saturated carbocycles. The number of carboxylic acid groups (broad SMARTS) is 1. The first kappa shape index (κ1) is 17.0. The number of ether oxygens (including phenoxy) is 2. The van der Waals surface area contributed by atoms with Crippen molar-refractivity contribution in [2.24, 2.45) is 0 Å². The maximum Gasteiger partial charge on any atom is 0.371 e. The number of benzene rings is 1. The summed E-state index contributed by atoms with van der Waals surface area (Å²) in [6, 6.07) is 7.12. The Hall–Kier alpha value is -1.41. The number of hydrogen-bond donors (Lipinski definition) is 3. The standard InChI is InChI=1S/C15H17BrO6/c16-12-4-2-1-3-9(12)5-13(15(19)20)22-14-7-10(18)6-11(8-17)21-14/h1-5,10-11,14,17-18H,6-8H2,(H,19,20)/b13-5-. The van der Waals surface area contributed by atoms with E-state index in [1.165, 1.54) is 6.08 Å². The fourth-order valence-corrected chi connectivity index (χ4v) is 2.56. The zero-order valence-corrected chi connectivity index (χ0v) is 13.3. The topological polar surface area (TPSA) is 96.2 Å². The lowest BCUT2D eigenvalue weighted by Crippen LogP contribution is -2.39. The molecule has 3 N–H and O–H groups in total. The van der Waals surface area contributed by atoms with Gasteiger partial charge in [-0.25, -0.2) is 4.79 Å². The molecular formula is C15H17BrO6. The molecule has 0 radical (unpaired) electrons. The van der Waals surface area contributed by atoms with Gasteiger partial charge < -0.3 is 24.8 Å². The van der Waals surface area contributed by atoms with Gasteiger partial charge >= 0.3 is 5.97 Å². The van der Waals surface area contributed by atoms with Crippen LogP contribution in [0, 0.1) is 0 Å². The van der Waals surface area contributed by atoms with E-state index in [0.717, 1.165) is 4.47 Å². The fourth-order valence-electron chi connectivity index (χ4n) is 2.16. The molecule has 0 aromatic heterocycles. The lowest BCUT2D eigenvalue weighted by Gasteiger charge is -2.32. The Balaban J connectivity index is 2.15. The highest BCUT2D eigenvalue weighted by Crippen LogP contribution is 2.24. The largest absolute Gasteiger partial charge is 0.475 e. The Morgan fingerprint density at radius 3 is 2.77 bits per heavy atom. The summed E-state index contributed by atoms with van der Waals surface area (Å²) < 4.78 is 11.5. The minimum Gasteiger partial charge on any atom is -0.475 e. The molecular weight excluding hydrogens is 356 g/mol. The van der Waals surface area contributed by atoms with Crippen molar-refractivity contribution >= 4 is 28.0 Å². The quantitative estimate of drug-likeness (QED) is 0.538. The van der Waals surface area contributed by atoms with Gasteiger partial charge in [0.15, 0.2) is 0 Å². The summed E-state index contributed by atoms with van der Waals surface area (Å²) in [6.45, 7) is -0.257. The SMILES string of the molecule is O=C(O)/C(=C/c1ccccc1Br)OC1CC(O)CC(CO)O1. The van der Waals surface area contributed by atoms with Crippen molar-refractivity contribution in [2.45, 2.75) is 31.3 Å². The summed E-state index contributed by atoms with van der Waals surface area (Å²) in [7, 11) is 0. The monoisotopic (exact) mass is 372 g/mol. The van der Waals surface area contributed by atoms with E-state index in [1.807, 2.05) is 6.07 Å². The van der Waals surface area contributed by atoms with E-state index in [1.54, 1.807) is 18.2 Å². The van der Waals surface area contributed by atoms with Crippen molar-refractivity contribution < 1.29 is 29.6 Å². The summed E-state index contributed by atoms with van der Waals surface area (Å²) in [4.78, 5) is 11.3. The summed E-state index contributed by atoms with van der Waals surface area (Å²) >= 11 is 3.33. The van der Waals surface area contributed by atoms with Crippen LogP contribution in [0.5, 0.6) is 0 Å². The first-order chi connectivity index (χ1) is 10.5. The zero-order chi connectivity index (χ0) is 16.1. The third kappa shape index (κ3) is 4.54. The van der Waals surface area contributed by atoms with E-state index in [-0.39, 0.29) is 18.8 Å². The molecule has 1 aliphatic rings. The molecule has 3 unspecified atom stereocenters. The van der Waals surface area contributed by atoms with Crippen LogP contribution in [0.15, 0.2) is 34.5 Å². The number of aliphatic hydroxyl groups is 2.